The summed E-state index contributed by atoms with van der Waals surface area (Å²) in [6.07, 6.45) is 1.88. The Morgan fingerprint density at radius 1 is 1.05 bits per heavy atom. The summed E-state index contributed by atoms with van der Waals surface area (Å²) in [5.41, 5.74) is 6.09. The van der Waals surface area contributed by atoms with E-state index in [2.05, 4.69) is 4.99 Å². The third-order valence-electron chi connectivity index (χ3n) is 6.78. The molecule has 0 unspecified atom stereocenters. The lowest BCUT2D eigenvalue weighted by Crippen LogP contribution is -2.39. The number of ether oxygens (including phenoxy) is 1. The van der Waals surface area contributed by atoms with Crippen LogP contribution in [0.2, 0.25) is 0 Å². The molecule has 1 aliphatic heterocycles. The summed E-state index contributed by atoms with van der Waals surface area (Å²) in [5.74, 6) is -0.502. The van der Waals surface area contributed by atoms with E-state index >= 15 is 0 Å². The number of rotatable bonds is 5. The molecule has 0 radical (unpaired) electrons. The molecular formula is C29H29N5O3S. The molecule has 4 aromatic rings. The number of benzene rings is 2. The zero-order valence-electron chi connectivity index (χ0n) is 22.2. The van der Waals surface area contributed by atoms with Crippen molar-refractivity contribution in [1.29, 1.82) is 0 Å². The van der Waals surface area contributed by atoms with Crippen LogP contribution in [0.5, 0.6) is 0 Å². The summed E-state index contributed by atoms with van der Waals surface area (Å²) >= 11 is 1.31. The number of nitrogens with zero attached hydrogens (tertiary/aromatic N) is 5. The highest BCUT2D eigenvalue weighted by Gasteiger charge is 2.33. The van der Waals surface area contributed by atoms with E-state index in [0.717, 1.165) is 33.9 Å². The zero-order valence-corrected chi connectivity index (χ0v) is 23.0. The molecule has 2 aromatic heterocycles. The van der Waals surface area contributed by atoms with Gasteiger partial charge in [-0.05, 0) is 56.7 Å². The van der Waals surface area contributed by atoms with Crippen molar-refractivity contribution in [2.45, 2.75) is 26.8 Å². The Bertz CT molecular complexity index is 1740. The largest absolute Gasteiger partial charge is 0.466 e. The highest BCUT2D eigenvalue weighted by Crippen LogP contribution is 2.31. The number of carbonyl (C=O) groups excluding carboxylic acids is 1. The average Bonchev–Trinajstić information content (AvgIpc) is 3.38. The van der Waals surface area contributed by atoms with Crippen LogP contribution in [0.1, 0.15) is 35.5 Å². The molecule has 38 heavy (non-hydrogen) atoms. The molecule has 0 spiro atoms. The molecule has 9 heteroatoms. The van der Waals surface area contributed by atoms with Gasteiger partial charge in [0.05, 0.1) is 40.3 Å². The number of esters is 1. The van der Waals surface area contributed by atoms with Crippen LogP contribution in [0.3, 0.4) is 0 Å². The second-order valence-electron chi connectivity index (χ2n) is 9.39. The fourth-order valence-corrected chi connectivity index (χ4v) is 5.81. The van der Waals surface area contributed by atoms with Crippen molar-refractivity contribution in [1.82, 2.24) is 14.3 Å². The predicted molar refractivity (Wildman–Crippen MR) is 150 cm³/mol. The van der Waals surface area contributed by atoms with E-state index in [1.165, 1.54) is 18.4 Å². The topological polar surface area (TPSA) is 81.7 Å². The first kappa shape index (κ1) is 25.4. The number of carbonyl (C=O) groups is 1. The van der Waals surface area contributed by atoms with Gasteiger partial charge in [-0.1, -0.05) is 41.7 Å². The maximum Gasteiger partial charge on any atom is 0.338 e. The molecule has 0 saturated heterocycles. The van der Waals surface area contributed by atoms with Crippen LogP contribution in [0, 0.1) is 13.8 Å². The average molecular weight is 528 g/mol. The summed E-state index contributed by atoms with van der Waals surface area (Å²) in [4.78, 5) is 34.0. The molecule has 1 aliphatic rings. The van der Waals surface area contributed by atoms with Crippen LogP contribution in [0.15, 0.2) is 75.7 Å². The highest BCUT2D eigenvalue weighted by atomic mass is 32.1. The monoisotopic (exact) mass is 527 g/mol. The SMILES string of the molecule is COC(=O)C1=C(C)N=c2s/c(=C\c3c(C)nn(-c4ccccc4)c3C)c(=O)n2[C@@H]1c1ccc(N(C)C)cc1. The van der Waals surface area contributed by atoms with Crippen LogP contribution in [-0.2, 0) is 9.53 Å². The highest BCUT2D eigenvalue weighted by molar-refractivity contribution is 7.07. The molecular weight excluding hydrogens is 498 g/mol. The molecule has 2 aromatic carbocycles. The van der Waals surface area contributed by atoms with Gasteiger partial charge in [-0.2, -0.15) is 5.10 Å². The Hall–Kier alpha value is -4.24. The first-order valence-electron chi connectivity index (χ1n) is 12.2. The molecule has 0 saturated carbocycles. The summed E-state index contributed by atoms with van der Waals surface area (Å²) in [6, 6.07) is 17.1. The Balaban J connectivity index is 1.70. The maximum absolute atomic E-state index is 13.9. The van der Waals surface area contributed by atoms with Gasteiger partial charge in [-0.25, -0.2) is 14.5 Å². The van der Waals surface area contributed by atoms with E-state index in [9.17, 15) is 9.59 Å². The lowest BCUT2D eigenvalue weighted by Gasteiger charge is -2.25. The standard InChI is InChI=1S/C29H29N5O3S/c1-17-23(19(3)34(31-17)22-10-8-7-9-11-22)16-24-27(35)33-26(20-12-14-21(15-13-20)32(4)5)25(28(36)37-6)18(2)30-29(33)38-24/h7-16,26H,1-6H3/b24-16-/t26-/m1/s1. The number of thiazole rings is 1. The van der Waals surface area contributed by atoms with Crippen LogP contribution < -0.4 is 19.8 Å². The van der Waals surface area contributed by atoms with Crippen molar-refractivity contribution in [3.63, 3.8) is 0 Å². The number of para-hydroxylation sites is 1. The van der Waals surface area contributed by atoms with Crippen molar-refractivity contribution in [2.24, 2.45) is 4.99 Å². The Morgan fingerprint density at radius 2 is 1.74 bits per heavy atom. The molecule has 194 valence electrons. The smallest absolute Gasteiger partial charge is 0.338 e. The fourth-order valence-electron chi connectivity index (χ4n) is 4.78. The van der Waals surface area contributed by atoms with Gasteiger partial charge >= 0.3 is 5.97 Å². The van der Waals surface area contributed by atoms with Gasteiger partial charge in [0.15, 0.2) is 4.80 Å². The van der Waals surface area contributed by atoms with Gasteiger partial charge in [0.1, 0.15) is 0 Å². The molecule has 3 heterocycles. The molecule has 1 atom stereocenters. The number of methoxy groups -OCH3 is 1. The summed E-state index contributed by atoms with van der Waals surface area (Å²) in [6.45, 7) is 5.71. The number of allylic oxidation sites excluding steroid dienone is 1. The first-order chi connectivity index (χ1) is 18.2. The molecule has 0 aliphatic carbocycles. The third kappa shape index (κ3) is 4.28. The first-order valence-corrected chi connectivity index (χ1v) is 13.0. The van der Waals surface area contributed by atoms with Crippen LogP contribution >= 0.6 is 11.3 Å². The van der Waals surface area contributed by atoms with Crippen molar-refractivity contribution >= 4 is 29.1 Å². The molecule has 0 N–H and O–H groups in total. The summed E-state index contributed by atoms with van der Waals surface area (Å²) < 4.78 is 9.12. The minimum Gasteiger partial charge on any atom is -0.466 e. The van der Waals surface area contributed by atoms with E-state index in [0.29, 0.717) is 20.6 Å². The van der Waals surface area contributed by atoms with Crippen LogP contribution in [-0.4, -0.2) is 41.5 Å². The number of hydrogen-bond acceptors (Lipinski definition) is 7. The quantitative estimate of drug-likeness (QED) is 0.372. The van der Waals surface area contributed by atoms with Crippen LogP contribution in [0.4, 0.5) is 5.69 Å². The van der Waals surface area contributed by atoms with Gasteiger partial charge in [-0.3, -0.25) is 9.36 Å². The second kappa shape index (κ2) is 9.90. The molecule has 0 fully saturated rings. The molecule has 5 rings (SSSR count). The third-order valence-corrected chi connectivity index (χ3v) is 7.76. The van der Waals surface area contributed by atoms with Crippen LogP contribution in [0.25, 0.3) is 11.8 Å². The summed E-state index contributed by atoms with van der Waals surface area (Å²) in [7, 11) is 5.27. The predicted octanol–water partition coefficient (Wildman–Crippen LogP) is 3.28. The van der Waals surface area contributed by atoms with Gasteiger partial charge in [0.2, 0.25) is 0 Å². The minimum absolute atomic E-state index is 0.212. The van der Waals surface area contributed by atoms with Crippen molar-refractivity contribution < 1.29 is 9.53 Å². The van der Waals surface area contributed by atoms with E-state index in [-0.39, 0.29) is 5.56 Å². The van der Waals surface area contributed by atoms with Gasteiger partial charge in [-0.15, -0.1) is 0 Å². The van der Waals surface area contributed by atoms with E-state index in [1.54, 1.807) is 11.5 Å². The van der Waals surface area contributed by atoms with E-state index in [1.807, 2.05) is 98.2 Å². The van der Waals surface area contributed by atoms with Crippen molar-refractivity contribution in [2.75, 3.05) is 26.1 Å². The van der Waals surface area contributed by atoms with Gasteiger partial charge in [0.25, 0.3) is 5.56 Å². The Labute approximate surface area is 224 Å². The minimum atomic E-state index is -0.647. The lowest BCUT2D eigenvalue weighted by atomic mass is 9.95. The van der Waals surface area contributed by atoms with E-state index < -0.39 is 12.0 Å². The zero-order chi connectivity index (χ0) is 27.1. The summed E-state index contributed by atoms with van der Waals surface area (Å²) in [5, 5.41) is 4.72. The molecule has 8 nitrogen and oxygen atoms in total. The second-order valence-corrected chi connectivity index (χ2v) is 10.4. The molecule has 0 bridgehead atoms. The maximum atomic E-state index is 13.9. The van der Waals surface area contributed by atoms with Crippen molar-refractivity contribution in [3.05, 3.63) is 108 Å². The number of hydrogen-bond donors (Lipinski definition) is 0. The molecule has 0 amide bonds. The Kier molecular flexibility index (Phi) is 6.62. The fraction of sp³-hybridized carbons (Fsp3) is 0.241. The van der Waals surface area contributed by atoms with E-state index in [4.69, 9.17) is 9.84 Å². The van der Waals surface area contributed by atoms with Gasteiger partial charge < -0.3 is 9.64 Å². The number of aryl methyl sites for hydroxylation is 1. The lowest BCUT2D eigenvalue weighted by molar-refractivity contribution is -0.136. The number of anilines is 1. The normalized spacial score (nSPS) is 15.3. The number of fused-ring (bicyclic) bond motifs is 1. The van der Waals surface area contributed by atoms with Gasteiger partial charge in [0, 0.05) is 31.0 Å². The van der Waals surface area contributed by atoms with Crippen molar-refractivity contribution in [3.8, 4) is 5.69 Å². The Morgan fingerprint density at radius 3 is 2.37 bits per heavy atom. The number of aromatic nitrogens is 3.